The van der Waals surface area contributed by atoms with Gasteiger partial charge in [0.1, 0.15) is 0 Å². The second kappa shape index (κ2) is 9.03. The molecule has 0 N–H and O–H groups in total. The zero-order valence-electron chi connectivity index (χ0n) is 5.83. The van der Waals surface area contributed by atoms with Crippen LogP contribution in [-0.4, -0.2) is 52.7 Å². The molecule has 0 fully saturated rings. The van der Waals surface area contributed by atoms with Crippen molar-refractivity contribution in [2.24, 2.45) is 0 Å². The number of carboxylic acids is 1. The molecule has 0 aromatic heterocycles. The van der Waals surface area contributed by atoms with Gasteiger partial charge in [-0.25, -0.2) is 0 Å². The van der Waals surface area contributed by atoms with E-state index in [2.05, 4.69) is 9.47 Å². The molecule has 5 heteroatoms. The summed E-state index contributed by atoms with van der Waals surface area (Å²) >= 11 is 0. The topological polar surface area (TPSA) is 58.6 Å². The molecule has 0 atom stereocenters. The maximum atomic E-state index is 9.69. The summed E-state index contributed by atoms with van der Waals surface area (Å²) in [4.78, 5) is 9.69. The summed E-state index contributed by atoms with van der Waals surface area (Å²) in [5.41, 5.74) is 0. The van der Waals surface area contributed by atoms with Gasteiger partial charge in [-0.15, -0.1) is 0 Å². The monoisotopic (exact) mass is 202 g/mol. The second-order valence-corrected chi connectivity index (χ2v) is 1.42. The van der Waals surface area contributed by atoms with Crippen LogP contribution in [0.5, 0.6) is 0 Å². The molecule has 0 aromatic carbocycles. The zero-order chi connectivity index (χ0) is 7.11. The van der Waals surface area contributed by atoms with Gasteiger partial charge >= 0.3 is 19.8 Å². The Morgan fingerprint density at radius 1 is 1.50 bits per heavy atom. The van der Waals surface area contributed by atoms with E-state index in [1.54, 1.807) is 0 Å². The Bertz CT molecular complexity index is 85.7. The molecule has 0 heterocycles. The molecule has 10 heavy (non-hydrogen) atoms. The van der Waals surface area contributed by atoms with Gasteiger partial charge in [0.25, 0.3) is 0 Å². The van der Waals surface area contributed by atoms with Crippen molar-refractivity contribution in [2.75, 3.05) is 26.9 Å². The van der Waals surface area contributed by atoms with E-state index < -0.39 is 5.97 Å². The smallest absolute Gasteiger partial charge is 0.548 e. The summed E-state index contributed by atoms with van der Waals surface area (Å²) in [7, 11) is 1.52. The third-order valence-electron chi connectivity index (χ3n) is 0.652. The average molecular weight is 203 g/mol. The van der Waals surface area contributed by atoms with Crippen molar-refractivity contribution < 1.29 is 19.4 Å². The quantitative estimate of drug-likeness (QED) is 0.383. The van der Waals surface area contributed by atoms with Gasteiger partial charge in [-0.2, -0.15) is 0 Å². The van der Waals surface area contributed by atoms with Gasteiger partial charge in [-0.05, 0) is 0 Å². The van der Waals surface area contributed by atoms with E-state index in [1.165, 1.54) is 7.11 Å². The normalized spacial score (nSPS) is 8.50. The minimum atomic E-state index is -1.20. The molecule has 0 saturated heterocycles. The number of ether oxygens (including phenoxy) is 2. The fourth-order valence-corrected chi connectivity index (χ4v) is 0.298. The molecule has 0 bridgehead atoms. The molecule has 0 unspecified atom stereocenters. The Hall–Kier alpha value is 0.0264. The van der Waals surface area contributed by atoms with Crippen LogP contribution in [0.1, 0.15) is 0 Å². The average Bonchev–Trinajstić information content (AvgIpc) is 1.80. The van der Waals surface area contributed by atoms with Crippen LogP contribution in [-0.2, 0) is 14.3 Å². The van der Waals surface area contributed by atoms with E-state index in [-0.39, 0.29) is 26.4 Å². The first-order valence-corrected chi connectivity index (χ1v) is 2.54. The first-order valence-electron chi connectivity index (χ1n) is 2.54. The Morgan fingerprint density at radius 3 is 2.50 bits per heavy atom. The SMILES string of the molecule is COCCOCC(=O)[O-].[Ga+3]. The molecular weight excluding hydrogens is 194 g/mol. The molecule has 0 saturated carbocycles. The van der Waals surface area contributed by atoms with E-state index in [0.29, 0.717) is 13.2 Å². The largest absolute Gasteiger partial charge is 3.00 e. The fourth-order valence-electron chi connectivity index (χ4n) is 0.298. The van der Waals surface area contributed by atoms with Crippen molar-refractivity contribution in [3.8, 4) is 0 Å². The predicted octanol–water partition coefficient (Wildman–Crippen LogP) is -1.98. The van der Waals surface area contributed by atoms with Gasteiger partial charge in [0.2, 0.25) is 0 Å². The maximum Gasteiger partial charge on any atom is 3.00 e. The molecule has 4 nitrogen and oxygen atoms in total. The zero-order valence-corrected chi connectivity index (χ0v) is 8.25. The van der Waals surface area contributed by atoms with Crippen molar-refractivity contribution in [1.29, 1.82) is 0 Å². The molecule has 0 aliphatic carbocycles. The first-order chi connectivity index (χ1) is 4.27. The van der Waals surface area contributed by atoms with Crippen LogP contribution in [0.25, 0.3) is 0 Å². The third kappa shape index (κ3) is 10.9. The molecule has 0 aliphatic heterocycles. The molecular formula is C5H9GaO4+2. The summed E-state index contributed by atoms with van der Waals surface area (Å²) in [6.45, 7) is 0.348. The van der Waals surface area contributed by atoms with E-state index in [4.69, 9.17) is 0 Å². The third-order valence-corrected chi connectivity index (χ3v) is 0.652. The van der Waals surface area contributed by atoms with Crippen molar-refractivity contribution in [1.82, 2.24) is 0 Å². The van der Waals surface area contributed by atoms with Crippen LogP contribution in [0.2, 0.25) is 0 Å². The van der Waals surface area contributed by atoms with E-state index in [1.807, 2.05) is 0 Å². The molecule has 0 amide bonds. The van der Waals surface area contributed by atoms with Gasteiger partial charge < -0.3 is 19.4 Å². The predicted molar refractivity (Wildman–Crippen MR) is 33.5 cm³/mol. The van der Waals surface area contributed by atoms with Gasteiger partial charge in [-0.3, -0.25) is 0 Å². The summed E-state index contributed by atoms with van der Waals surface area (Å²) in [5.74, 6) is -1.20. The number of hydrogen-bond acceptors (Lipinski definition) is 4. The van der Waals surface area contributed by atoms with Crippen molar-refractivity contribution in [2.45, 2.75) is 0 Å². The van der Waals surface area contributed by atoms with Crippen LogP contribution in [0.3, 0.4) is 0 Å². The first kappa shape index (κ1) is 12.7. The molecule has 0 aliphatic rings. The maximum absolute atomic E-state index is 9.69. The minimum absolute atomic E-state index is 0. The van der Waals surface area contributed by atoms with Crippen LogP contribution in [0.4, 0.5) is 0 Å². The van der Waals surface area contributed by atoms with Gasteiger partial charge in [0, 0.05) is 7.11 Å². The standard InChI is InChI=1S/C5H10O4.Ga/c1-8-2-3-9-4-5(6)7;/h2-4H2,1H3,(H,6,7);/q;+3/p-1. The second-order valence-electron chi connectivity index (χ2n) is 1.42. The number of aliphatic carboxylic acids is 1. The number of carboxylic acid groups (broad SMARTS) is 1. The minimum Gasteiger partial charge on any atom is -0.548 e. The Kier molecular flexibility index (Phi) is 11.4. The molecule has 0 aromatic rings. The van der Waals surface area contributed by atoms with Gasteiger partial charge in [0.15, 0.2) is 0 Å². The number of carbonyl (C=O) groups excluding carboxylic acids is 1. The van der Waals surface area contributed by atoms with E-state index in [9.17, 15) is 9.90 Å². The Labute approximate surface area is 72.6 Å². The summed E-state index contributed by atoms with van der Waals surface area (Å²) in [6, 6.07) is 0. The number of hydrogen-bond donors (Lipinski definition) is 0. The summed E-state index contributed by atoms with van der Waals surface area (Å²) in [5, 5.41) is 9.69. The van der Waals surface area contributed by atoms with Crippen LogP contribution >= 0.6 is 0 Å². The van der Waals surface area contributed by atoms with Crippen molar-refractivity contribution >= 4 is 25.8 Å². The molecule has 0 spiro atoms. The van der Waals surface area contributed by atoms with Crippen molar-refractivity contribution in [3.63, 3.8) is 0 Å². The van der Waals surface area contributed by atoms with Crippen LogP contribution in [0.15, 0.2) is 0 Å². The number of rotatable bonds is 5. The van der Waals surface area contributed by atoms with E-state index >= 15 is 0 Å². The Balaban J connectivity index is 0. The fraction of sp³-hybridized carbons (Fsp3) is 0.800. The van der Waals surface area contributed by atoms with Crippen LogP contribution < -0.4 is 5.11 Å². The van der Waals surface area contributed by atoms with Crippen molar-refractivity contribution in [3.05, 3.63) is 0 Å². The molecule has 54 valence electrons. The van der Waals surface area contributed by atoms with Crippen LogP contribution in [0, 0.1) is 0 Å². The van der Waals surface area contributed by atoms with E-state index in [0.717, 1.165) is 0 Å². The summed E-state index contributed by atoms with van der Waals surface area (Å²) < 4.78 is 9.13. The summed E-state index contributed by atoms with van der Waals surface area (Å²) in [6.07, 6.45) is 0. The molecule has 0 radical (unpaired) electrons. The van der Waals surface area contributed by atoms with Gasteiger partial charge in [0.05, 0.1) is 25.8 Å². The number of methoxy groups -OCH3 is 1. The number of carbonyl (C=O) groups is 1. The Morgan fingerprint density at radius 2 is 2.10 bits per heavy atom. The molecule has 0 rings (SSSR count). The van der Waals surface area contributed by atoms with Gasteiger partial charge in [-0.1, -0.05) is 0 Å².